The normalized spacial score (nSPS) is 16.6. The van der Waals surface area contributed by atoms with Gasteiger partial charge in [0.05, 0.1) is 23.6 Å². The third-order valence-corrected chi connectivity index (χ3v) is 4.95. The topological polar surface area (TPSA) is 67.2 Å². The number of aromatic nitrogens is 4. The Balaban J connectivity index is 1.50. The van der Waals surface area contributed by atoms with Crippen LogP contribution in [0, 0.1) is 6.92 Å². The van der Waals surface area contributed by atoms with Crippen LogP contribution in [0.15, 0.2) is 29.3 Å². The molecule has 2 aromatic rings. The van der Waals surface area contributed by atoms with Crippen LogP contribution in [0.5, 0.6) is 0 Å². The average Bonchev–Trinajstić information content (AvgIpc) is 2.63. The predicted octanol–water partition coefficient (Wildman–Crippen LogP) is 1.46. The number of piperazine rings is 1. The van der Waals surface area contributed by atoms with Gasteiger partial charge in [0.25, 0.3) is 5.56 Å². The van der Waals surface area contributed by atoms with Crippen LogP contribution in [0.25, 0.3) is 0 Å². The van der Waals surface area contributed by atoms with Crippen molar-refractivity contribution in [3.63, 3.8) is 0 Å². The van der Waals surface area contributed by atoms with E-state index in [4.69, 9.17) is 0 Å². The molecule has 0 unspecified atom stereocenters. The van der Waals surface area contributed by atoms with Crippen LogP contribution in [-0.4, -0.2) is 62.3 Å². The fourth-order valence-corrected chi connectivity index (χ4v) is 3.15. The maximum atomic E-state index is 12.1. The minimum absolute atomic E-state index is 0.0282. The van der Waals surface area contributed by atoms with Gasteiger partial charge in [-0.25, -0.2) is 4.68 Å². The molecule has 0 aromatic carbocycles. The molecule has 146 valence electrons. The molecule has 27 heavy (non-hydrogen) atoms. The molecule has 0 saturated carbocycles. The highest BCUT2D eigenvalue weighted by atomic mass is 16.1. The second-order valence-corrected chi connectivity index (χ2v) is 8.30. The molecular formula is C20H30N6O. The zero-order valence-electron chi connectivity index (χ0n) is 16.9. The molecule has 7 heteroatoms. The lowest BCUT2D eigenvalue weighted by Gasteiger charge is -2.34. The molecule has 0 radical (unpaired) electrons. The zero-order chi connectivity index (χ0) is 19.4. The maximum absolute atomic E-state index is 12.1. The predicted molar refractivity (Wildman–Crippen MR) is 106 cm³/mol. The van der Waals surface area contributed by atoms with Gasteiger partial charge in [-0.2, -0.15) is 5.10 Å². The molecule has 0 atom stereocenters. The first-order chi connectivity index (χ1) is 12.8. The summed E-state index contributed by atoms with van der Waals surface area (Å²) in [6, 6.07) is 3.47. The second kappa shape index (κ2) is 8.27. The van der Waals surface area contributed by atoms with Crippen molar-refractivity contribution in [2.24, 2.45) is 0 Å². The first-order valence-corrected chi connectivity index (χ1v) is 9.62. The van der Waals surface area contributed by atoms with E-state index in [-0.39, 0.29) is 11.0 Å². The van der Waals surface area contributed by atoms with Gasteiger partial charge < -0.3 is 0 Å². The van der Waals surface area contributed by atoms with Crippen LogP contribution < -0.4 is 5.56 Å². The monoisotopic (exact) mass is 370 g/mol. The fourth-order valence-electron chi connectivity index (χ4n) is 3.15. The van der Waals surface area contributed by atoms with E-state index in [1.807, 2.05) is 25.4 Å². The van der Waals surface area contributed by atoms with Crippen molar-refractivity contribution in [2.45, 2.75) is 46.2 Å². The van der Waals surface area contributed by atoms with Crippen LogP contribution in [-0.2, 0) is 18.5 Å². The minimum atomic E-state index is -0.0556. The van der Waals surface area contributed by atoms with Crippen LogP contribution >= 0.6 is 0 Å². The Hall–Kier alpha value is -2.12. The highest BCUT2D eigenvalue weighted by molar-refractivity contribution is 5.10. The standard InChI is InChI=1S/C20H30N6O/c1-16-13-22-17(14-21-16)15-25-9-7-24(8-10-25)11-12-26-19(27)6-5-18(23-26)20(2,3)4/h5-6,13-14H,7-12,15H2,1-4H3. The van der Waals surface area contributed by atoms with Crippen LogP contribution in [0.2, 0.25) is 0 Å². The first kappa shape index (κ1) is 19.6. The zero-order valence-corrected chi connectivity index (χ0v) is 16.9. The molecule has 0 aliphatic carbocycles. The largest absolute Gasteiger partial charge is 0.299 e. The molecule has 7 nitrogen and oxygen atoms in total. The summed E-state index contributed by atoms with van der Waals surface area (Å²) >= 11 is 0. The highest BCUT2D eigenvalue weighted by Crippen LogP contribution is 2.18. The second-order valence-electron chi connectivity index (χ2n) is 8.30. The van der Waals surface area contributed by atoms with Gasteiger partial charge in [-0.1, -0.05) is 20.8 Å². The minimum Gasteiger partial charge on any atom is -0.299 e. The summed E-state index contributed by atoms with van der Waals surface area (Å²) in [5.74, 6) is 0. The van der Waals surface area contributed by atoms with Crippen molar-refractivity contribution in [3.8, 4) is 0 Å². The summed E-state index contributed by atoms with van der Waals surface area (Å²) in [4.78, 5) is 25.7. The smallest absolute Gasteiger partial charge is 0.266 e. The Morgan fingerprint density at radius 2 is 1.67 bits per heavy atom. The van der Waals surface area contributed by atoms with Crippen molar-refractivity contribution < 1.29 is 0 Å². The number of nitrogens with zero attached hydrogens (tertiary/aromatic N) is 6. The van der Waals surface area contributed by atoms with E-state index in [1.54, 1.807) is 10.7 Å². The summed E-state index contributed by atoms with van der Waals surface area (Å²) in [6.45, 7) is 14.6. The molecule has 0 amide bonds. The van der Waals surface area contributed by atoms with E-state index in [9.17, 15) is 4.79 Å². The van der Waals surface area contributed by atoms with Crippen LogP contribution in [0.1, 0.15) is 37.9 Å². The third kappa shape index (κ3) is 5.43. The maximum Gasteiger partial charge on any atom is 0.266 e. The fraction of sp³-hybridized carbons (Fsp3) is 0.600. The van der Waals surface area contributed by atoms with Gasteiger partial charge in [-0.15, -0.1) is 0 Å². The van der Waals surface area contributed by atoms with E-state index >= 15 is 0 Å². The number of rotatable bonds is 5. The molecule has 2 aromatic heterocycles. The summed E-state index contributed by atoms with van der Waals surface area (Å²) < 4.78 is 1.61. The lowest BCUT2D eigenvalue weighted by Crippen LogP contribution is -2.47. The molecule has 0 bridgehead atoms. The quantitative estimate of drug-likeness (QED) is 0.794. The van der Waals surface area contributed by atoms with Gasteiger partial charge >= 0.3 is 0 Å². The highest BCUT2D eigenvalue weighted by Gasteiger charge is 2.19. The van der Waals surface area contributed by atoms with Crippen molar-refractivity contribution in [2.75, 3.05) is 32.7 Å². The lowest BCUT2D eigenvalue weighted by atomic mass is 9.92. The van der Waals surface area contributed by atoms with E-state index in [0.717, 1.165) is 56.4 Å². The van der Waals surface area contributed by atoms with E-state index in [2.05, 4.69) is 45.6 Å². The van der Waals surface area contributed by atoms with Gasteiger partial charge in [0.15, 0.2) is 0 Å². The molecule has 1 aliphatic rings. The molecule has 0 N–H and O–H groups in total. The van der Waals surface area contributed by atoms with Gasteiger partial charge in [0, 0.05) is 63.1 Å². The summed E-state index contributed by atoms with van der Waals surface area (Å²) in [6.07, 6.45) is 3.68. The van der Waals surface area contributed by atoms with Crippen molar-refractivity contribution in [3.05, 3.63) is 52.0 Å². The average molecular weight is 371 g/mol. The summed E-state index contributed by atoms with van der Waals surface area (Å²) in [5, 5.41) is 4.56. The number of hydrogen-bond acceptors (Lipinski definition) is 6. The molecular weight excluding hydrogens is 340 g/mol. The van der Waals surface area contributed by atoms with Gasteiger partial charge in [0.2, 0.25) is 0 Å². The van der Waals surface area contributed by atoms with Gasteiger partial charge in [-0.3, -0.25) is 24.6 Å². The summed E-state index contributed by atoms with van der Waals surface area (Å²) in [7, 11) is 0. The first-order valence-electron chi connectivity index (χ1n) is 9.62. The van der Waals surface area contributed by atoms with Crippen molar-refractivity contribution >= 4 is 0 Å². The third-order valence-electron chi connectivity index (χ3n) is 4.95. The Morgan fingerprint density at radius 1 is 0.963 bits per heavy atom. The molecule has 3 rings (SSSR count). The molecule has 1 fully saturated rings. The SMILES string of the molecule is Cc1cnc(CN2CCN(CCn3nc(C(C)(C)C)ccc3=O)CC2)cn1. The van der Waals surface area contributed by atoms with E-state index in [0.29, 0.717) is 6.54 Å². The molecule has 1 saturated heterocycles. The van der Waals surface area contributed by atoms with Gasteiger partial charge in [0.1, 0.15) is 0 Å². The Bertz CT molecular complexity index is 800. The summed E-state index contributed by atoms with van der Waals surface area (Å²) in [5.41, 5.74) is 2.83. The van der Waals surface area contributed by atoms with Crippen molar-refractivity contribution in [1.82, 2.24) is 29.5 Å². The van der Waals surface area contributed by atoms with E-state index in [1.165, 1.54) is 0 Å². The molecule has 0 spiro atoms. The number of hydrogen-bond donors (Lipinski definition) is 0. The Labute approximate surface area is 161 Å². The Morgan fingerprint density at radius 3 is 2.30 bits per heavy atom. The van der Waals surface area contributed by atoms with Crippen LogP contribution in [0.3, 0.4) is 0 Å². The van der Waals surface area contributed by atoms with Gasteiger partial charge in [-0.05, 0) is 13.0 Å². The number of aryl methyl sites for hydroxylation is 1. The molecule has 1 aliphatic heterocycles. The van der Waals surface area contributed by atoms with E-state index < -0.39 is 0 Å². The van der Waals surface area contributed by atoms with Crippen molar-refractivity contribution in [1.29, 1.82) is 0 Å². The Kier molecular flexibility index (Phi) is 6.01. The molecule has 3 heterocycles. The van der Waals surface area contributed by atoms with Crippen LogP contribution in [0.4, 0.5) is 0 Å². The lowest BCUT2D eigenvalue weighted by molar-refractivity contribution is 0.121.